The average molecular weight is 210 g/mol. The number of ether oxygens (including phenoxy) is 1. The van der Waals surface area contributed by atoms with Crippen molar-refractivity contribution in [1.82, 2.24) is 10.2 Å². The van der Waals surface area contributed by atoms with Crippen molar-refractivity contribution in [2.75, 3.05) is 19.6 Å². The first kappa shape index (κ1) is 10.3. The zero-order valence-corrected chi connectivity index (χ0v) is 9.54. The largest absolute Gasteiger partial charge is 0.444 e. The van der Waals surface area contributed by atoms with Gasteiger partial charge in [0.15, 0.2) is 0 Å². The van der Waals surface area contributed by atoms with Gasteiger partial charge in [-0.15, -0.1) is 0 Å². The molecule has 0 spiro atoms. The van der Waals surface area contributed by atoms with Crippen LogP contribution in [0.1, 0.15) is 20.8 Å². The molecule has 84 valence electrons. The van der Waals surface area contributed by atoms with Crippen molar-refractivity contribution in [2.45, 2.75) is 26.4 Å². The third-order valence-corrected chi connectivity index (χ3v) is 2.64. The predicted octanol–water partition coefficient (Wildman–Crippen LogP) is 1.34. The van der Waals surface area contributed by atoms with Gasteiger partial charge in [0.25, 0.3) is 0 Å². The van der Waals surface area contributed by atoms with Gasteiger partial charge < -0.3 is 15.0 Å². The fourth-order valence-electron chi connectivity index (χ4n) is 1.95. The Morgan fingerprint density at radius 2 is 2.33 bits per heavy atom. The number of hydrogen-bond acceptors (Lipinski definition) is 3. The fraction of sp³-hybridized carbons (Fsp3) is 0.727. The van der Waals surface area contributed by atoms with E-state index in [0.717, 1.165) is 13.1 Å². The maximum Gasteiger partial charge on any atom is 0.410 e. The molecule has 0 unspecified atom stereocenters. The van der Waals surface area contributed by atoms with Crippen LogP contribution in [0.15, 0.2) is 11.8 Å². The van der Waals surface area contributed by atoms with Crippen LogP contribution in [-0.4, -0.2) is 36.2 Å². The number of rotatable bonds is 0. The van der Waals surface area contributed by atoms with E-state index in [9.17, 15) is 4.79 Å². The standard InChI is InChI=1S/C11H18N2O2/c1-11(2,3)15-10(14)13-6-8-4-12-5-9(8)7-13/h4,9,12H,5-7H2,1-3H3/t9-/m0/s1. The molecule has 0 saturated carbocycles. The normalized spacial score (nSPS) is 24.6. The van der Waals surface area contributed by atoms with Crippen LogP contribution >= 0.6 is 0 Å². The molecule has 1 fully saturated rings. The van der Waals surface area contributed by atoms with Gasteiger partial charge in [0.2, 0.25) is 0 Å². The number of likely N-dealkylation sites (tertiary alicyclic amines) is 1. The number of fused-ring (bicyclic) bond motifs is 1. The van der Waals surface area contributed by atoms with Gasteiger partial charge in [-0.1, -0.05) is 0 Å². The highest BCUT2D eigenvalue weighted by atomic mass is 16.6. The molecule has 4 heteroatoms. The minimum absolute atomic E-state index is 0.196. The number of hydrogen-bond donors (Lipinski definition) is 1. The molecule has 4 nitrogen and oxygen atoms in total. The summed E-state index contributed by atoms with van der Waals surface area (Å²) in [5, 5.41) is 3.19. The van der Waals surface area contributed by atoms with Gasteiger partial charge in [-0.05, 0) is 32.5 Å². The SMILES string of the molecule is CC(C)(C)OC(=O)N1CC2=CNC[C@H]2C1. The summed E-state index contributed by atoms with van der Waals surface area (Å²) < 4.78 is 5.33. The summed E-state index contributed by atoms with van der Waals surface area (Å²) in [5.41, 5.74) is 0.919. The van der Waals surface area contributed by atoms with E-state index in [1.54, 1.807) is 4.90 Å². The van der Waals surface area contributed by atoms with Crippen molar-refractivity contribution in [3.05, 3.63) is 11.8 Å². The van der Waals surface area contributed by atoms with Crippen LogP contribution in [0, 0.1) is 5.92 Å². The Morgan fingerprint density at radius 1 is 1.60 bits per heavy atom. The summed E-state index contributed by atoms with van der Waals surface area (Å²) >= 11 is 0. The van der Waals surface area contributed by atoms with Crippen LogP contribution in [0.3, 0.4) is 0 Å². The number of nitrogens with zero attached hydrogens (tertiary/aromatic N) is 1. The van der Waals surface area contributed by atoms with Crippen LogP contribution in [0.5, 0.6) is 0 Å². The minimum Gasteiger partial charge on any atom is -0.444 e. The van der Waals surface area contributed by atoms with Crippen molar-refractivity contribution < 1.29 is 9.53 Å². The van der Waals surface area contributed by atoms with Crippen molar-refractivity contribution in [3.8, 4) is 0 Å². The third-order valence-electron chi connectivity index (χ3n) is 2.64. The monoisotopic (exact) mass is 210 g/mol. The first-order valence-electron chi connectivity index (χ1n) is 5.36. The molecule has 0 aliphatic carbocycles. The summed E-state index contributed by atoms with van der Waals surface area (Å²) in [4.78, 5) is 13.5. The molecular weight excluding hydrogens is 192 g/mol. The molecule has 0 bridgehead atoms. The molecule has 1 saturated heterocycles. The van der Waals surface area contributed by atoms with Crippen LogP contribution in [0.25, 0.3) is 0 Å². The lowest BCUT2D eigenvalue weighted by Gasteiger charge is -2.24. The Kier molecular flexibility index (Phi) is 2.37. The summed E-state index contributed by atoms with van der Waals surface area (Å²) in [5.74, 6) is 0.498. The molecule has 0 aromatic heterocycles. The molecule has 1 amide bonds. The van der Waals surface area contributed by atoms with Gasteiger partial charge in [0, 0.05) is 25.6 Å². The molecule has 15 heavy (non-hydrogen) atoms. The molecule has 2 heterocycles. The maximum atomic E-state index is 11.7. The van der Waals surface area contributed by atoms with E-state index >= 15 is 0 Å². The van der Waals surface area contributed by atoms with Gasteiger partial charge >= 0.3 is 6.09 Å². The van der Waals surface area contributed by atoms with Crippen LogP contribution in [-0.2, 0) is 4.74 Å². The molecule has 1 atom stereocenters. The van der Waals surface area contributed by atoms with Crippen molar-refractivity contribution in [2.24, 2.45) is 5.92 Å². The van der Waals surface area contributed by atoms with Gasteiger partial charge in [0.05, 0.1) is 0 Å². The Balaban J connectivity index is 1.94. The summed E-state index contributed by atoms with van der Waals surface area (Å²) in [7, 11) is 0. The van der Waals surface area contributed by atoms with Gasteiger partial charge in [-0.3, -0.25) is 0 Å². The molecule has 2 aliphatic rings. The minimum atomic E-state index is -0.401. The first-order chi connectivity index (χ1) is 6.96. The highest BCUT2D eigenvalue weighted by Gasteiger charge is 2.34. The second-order valence-electron chi connectivity index (χ2n) is 5.19. The van der Waals surface area contributed by atoms with Gasteiger partial charge in [0.1, 0.15) is 5.60 Å². The summed E-state index contributed by atoms with van der Waals surface area (Å²) in [6, 6.07) is 0. The molecule has 0 aromatic rings. The van der Waals surface area contributed by atoms with Gasteiger partial charge in [-0.25, -0.2) is 4.79 Å². The van der Waals surface area contributed by atoms with E-state index in [1.807, 2.05) is 27.0 Å². The second kappa shape index (κ2) is 3.43. The van der Waals surface area contributed by atoms with E-state index in [4.69, 9.17) is 4.74 Å². The van der Waals surface area contributed by atoms with E-state index < -0.39 is 5.60 Å². The molecular formula is C11H18N2O2. The smallest absolute Gasteiger partial charge is 0.410 e. The second-order valence-corrected chi connectivity index (χ2v) is 5.19. The fourth-order valence-corrected chi connectivity index (χ4v) is 1.95. The van der Waals surface area contributed by atoms with Crippen LogP contribution in [0.4, 0.5) is 4.79 Å². The maximum absolute atomic E-state index is 11.7. The zero-order valence-electron chi connectivity index (χ0n) is 9.54. The zero-order chi connectivity index (χ0) is 11.1. The average Bonchev–Trinajstić information content (AvgIpc) is 2.56. The van der Waals surface area contributed by atoms with E-state index in [1.165, 1.54) is 5.57 Å². The van der Waals surface area contributed by atoms with Gasteiger partial charge in [-0.2, -0.15) is 0 Å². The quantitative estimate of drug-likeness (QED) is 0.656. The number of carbonyl (C=O) groups is 1. The molecule has 0 radical (unpaired) electrons. The number of nitrogens with one attached hydrogen (secondary N) is 1. The van der Waals surface area contributed by atoms with E-state index in [2.05, 4.69) is 5.32 Å². The Labute approximate surface area is 90.3 Å². The first-order valence-corrected chi connectivity index (χ1v) is 5.36. The van der Waals surface area contributed by atoms with Crippen LogP contribution < -0.4 is 5.32 Å². The molecule has 1 N–H and O–H groups in total. The van der Waals surface area contributed by atoms with Crippen molar-refractivity contribution >= 4 is 6.09 Å². The highest BCUT2D eigenvalue weighted by Crippen LogP contribution is 2.26. The highest BCUT2D eigenvalue weighted by molar-refractivity contribution is 5.69. The Hall–Kier alpha value is -1.19. The Bertz CT molecular complexity index is 304. The van der Waals surface area contributed by atoms with E-state index in [-0.39, 0.29) is 6.09 Å². The predicted molar refractivity (Wildman–Crippen MR) is 57.4 cm³/mol. The summed E-state index contributed by atoms with van der Waals surface area (Å²) in [6.45, 7) is 8.13. The van der Waals surface area contributed by atoms with Crippen LogP contribution in [0.2, 0.25) is 0 Å². The summed E-state index contributed by atoms with van der Waals surface area (Å²) in [6.07, 6.45) is 1.83. The lowest BCUT2D eigenvalue weighted by atomic mass is 10.1. The molecule has 2 aliphatic heterocycles. The number of amides is 1. The topological polar surface area (TPSA) is 41.6 Å². The third kappa shape index (κ3) is 2.25. The van der Waals surface area contributed by atoms with Crippen molar-refractivity contribution in [3.63, 3.8) is 0 Å². The van der Waals surface area contributed by atoms with Crippen molar-refractivity contribution in [1.29, 1.82) is 0 Å². The molecule has 2 rings (SSSR count). The number of carbonyl (C=O) groups excluding carboxylic acids is 1. The Morgan fingerprint density at radius 3 is 2.93 bits per heavy atom. The molecule has 0 aromatic carbocycles. The van der Waals surface area contributed by atoms with E-state index in [0.29, 0.717) is 12.5 Å². The lowest BCUT2D eigenvalue weighted by molar-refractivity contribution is 0.0290. The lowest BCUT2D eigenvalue weighted by Crippen LogP contribution is -2.36.